The summed E-state index contributed by atoms with van der Waals surface area (Å²) in [4.78, 5) is 28.3. The summed E-state index contributed by atoms with van der Waals surface area (Å²) in [6, 6.07) is 9.47. The molecule has 0 saturated carbocycles. The number of nitrogens with one attached hydrogen (secondary N) is 1. The monoisotopic (exact) mass is 391 g/mol. The lowest BCUT2D eigenvalue weighted by molar-refractivity contribution is -0.384. The third-order valence-corrected chi connectivity index (χ3v) is 4.67. The summed E-state index contributed by atoms with van der Waals surface area (Å²) >= 11 is 0. The van der Waals surface area contributed by atoms with Crippen molar-refractivity contribution in [2.24, 2.45) is 7.05 Å². The molecule has 0 aliphatic rings. The number of nitro benzene ring substituents is 1. The van der Waals surface area contributed by atoms with Gasteiger partial charge in [0.05, 0.1) is 33.5 Å². The van der Waals surface area contributed by atoms with Gasteiger partial charge in [-0.05, 0) is 37.6 Å². The van der Waals surface area contributed by atoms with Crippen molar-refractivity contribution in [3.8, 4) is 11.5 Å². The number of hydrogen-bond acceptors (Lipinski definition) is 6. The van der Waals surface area contributed by atoms with Crippen LogP contribution in [0.1, 0.15) is 21.6 Å². The molecule has 146 valence electrons. The SMILES string of the molecule is Cc1ccc([N+](=O)[O-])cc1NC(=O)c1cc(-c2ccco2)nc2c1c(C)nn2C. The molecular weight excluding hydrogens is 374 g/mol. The first-order valence-corrected chi connectivity index (χ1v) is 8.80. The lowest BCUT2D eigenvalue weighted by Crippen LogP contribution is -2.14. The van der Waals surface area contributed by atoms with Crippen molar-refractivity contribution in [3.63, 3.8) is 0 Å². The van der Waals surface area contributed by atoms with E-state index in [-0.39, 0.29) is 5.69 Å². The van der Waals surface area contributed by atoms with Crippen molar-refractivity contribution in [1.82, 2.24) is 14.8 Å². The summed E-state index contributed by atoms with van der Waals surface area (Å²) in [5.41, 5.74) is 3.03. The fraction of sp³-hybridized carbons (Fsp3) is 0.150. The van der Waals surface area contributed by atoms with Crippen LogP contribution in [0, 0.1) is 24.0 Å². The fourth-order valence-electron chi connectivity index (χ4n) is 3.22. The van der Waals surface area contributed by atoms with Gasteiger partial charge in [-0.3, -0.25) is 19.6 Å². The highest BCUT2D eigenvalue weighted by Crippen LogP contribution is 2.29. The molecule has 0 atom stereocenters. The molecule has 0 radical (unpaired) electrons. The lowest BCUT2D eigenvalue weighted by Gasteiger charge is -2.10. The zero-order valence-corrected chi connectivity index (χ0v) is 16.0. The summed E-state index contributed by atoms with van der Waals surface area (Å²) in [6.07, 6.45) is 1.53. The number of anilines is 1. The van der Waals surface area contributed by atoms with Crippen LogP contribution in [0.25, 0.3) is 22.5 Å². The number of benzene rings is 1. The molecule has 9 heteroatoms. The Morgan fingerprint density at radius 2 is 2.03 bits per heavy atom. The summed E-state index contributed by atoms with van der Waals surface area (Å²) < 4.78 is 7.03. The number of nitro groups is 1. The van der Waals surface area contributed by atoms with Crippen LogP contribution in [-0.2, 0) is 7.05 Å². The molecule has 29 heavy (non-hydrogen) atoms. The van der Waals surface area contributed by atoms with Gasteiger partial charge in [0.1, 0.15) is 5.69 Å². The molecule has 4 rings (SSSR count). The van der Waals surface area contributed by atoms with Gasteiger partial charge in [0.15, 0.2) is 11.4 Å². The number of furan rings is 1. The molecule has 0 unspecified atom stereocenters. The smallest absolute Gasteiger partial charge is 0.271 e. The summed E-state index contributed by atoms with van der Waals surface area (Å²) in [5, 5.41) is 18.9. The molecule has 9 nitrogen and oxygen atoms in total. The Bertz CT molecular complexity index is 1260. The van der Waals surface area contributed by atoms with Gasteiger partial charge in [-0.25, -0.2) is 4.98 Å². The summed E-state index contributed by atoms with van der Waals surface area (Å²) in [6.45, 7) is 3.57. The molecule has 0 aliphatic heterocycles. The van der Waals surface area contributed by atoms with Crippen LogP contribution in [0.5, 0.6) is 0 Å². The number of pyridine rings is 1. The number of nitrogens with zero attached hydrogens (tertiary/aromatic N) is 4. The van der Waals surface area contributed by atoms with E-state index in [4.69, 9.17) is 4.42 Å². The second kappa shape index (κ2) is 6.86. The number of fused-ring (bicyclic) bond motifs is 1. The van der Waals surface area contributed by atoms with E-state index in [1.165, 1.54) is 18.4 Å². The highest BCUT2D eigenvalue weighted by atomic mass is 16.6. The molecule has 3 heterocycles. The Hall–Kier alpha value is -4.01. The Balaban J connectivity index is 1.84. The second-order valence-corrected chi connectivity index (χ2v) is 6.65. The molecule has 3 aromatic heterocycles. The molecule has 1 amide bonds. The number of aryl methyl sites for hydroxylation is 3. The predicted octanol–water partition coefficient (Wildman–Crippen LogP) is 4.01. The second-order valence-electron chi connectivity index (χ2n) is 6.65. The number of carbonyl (C=O) groups is 1. The molecular formula is C20H17N5O4. The van der Waals surface area contributed by atoms with Crippen molar-refractivity contribution < 1.29 is 14.1 Å². The Kier molecular flexibility index (Phi) is 4.34. The van der Waals surface area contributed by atoms with Crippen molar-refractivity contribution in [2.75, 3.05) is 5.32 Å². The van der Waals surface area contributed by atoms with E-state index < -0.39 is 10.8 Å². The molecule has 0 fully saturated rings. The number of aromatic nitrogens is 3. The van der Waals surface area contributed by atoms with Gasteiger partial charge < -0.3 is 9.73 Å². The number of hydrogen-bond donors (Lipinski definition) is 1. The first-order valence-electron chi connectivity index (χ1n) is 8.80. The minimum atomic E-state index is -0.500. The largest absolute Gasteiger partial charge is 0.463 e. The number of rotatable bonds is 4. The maximum atomic E-state index is 13.2. The van der Waals surface area contributed by atoms with Crippen molar-refractivity contribution in [3.05, 3.63) is 69.6 Å². The van der Waals surface area contributed by atoms with Crippen LogP contribution in [0.4, 0.5) is 11.4 Å². The topological polar surface area (TPSA) is 116 Å². The highest BCUT2D eigenvalue weighted by Gasteiger charge is 2.21. The number of non-ortho nitro benzene ring substituents is 1. The van der Waals surface area contributed by atoms with E-state index in [0.29, 0.717) is 45.0 Å². The van der Waals surface area contributed by atoms with Gasteiger partial charge in [0, 0.05) is 19.2 Å². The standard InChI is InChI=1S/C20H17N5O4/c1-11-6-7-13(25(27)28)9-15(11)22-20(26)14-10-16(17-5-4-8-29-17)21-19-18(14)12(2)23-24(19)3/h4-10H,1-3H3,(H,22,26). The quantitative estimate of drug-likeness (QED) is 0.415. The fourth-order valence-corrected chi connectivity index (χ4v) is 3.22. The van der Waals surface area contributed by atoms with E-state index in [1.54, 1.807) is 49.8 Å². The van der Waals surface area contributed by atoms with E-state index in [1.807, 2.05) is 0 Å². The Morgan fingerprint density at radius 1 is 1.24 bits per heavy atom. The molecule has 0 spiro atoms. The van der Waals surface area contributed by atoms with Crippen LogP contribution >= 0.6 is 0 Å². The first kappa shape index (κ1) is 18.4. The molecule has 0 bridgehead atoms. The summed E-state index contributed by atoms with van der Waals surface area (Å²) in [7, 11) is 1.75. The number of carbonyl (C=O) groups excluding carboxylic acids is 1. The lowest BCUT2D eigenvalue weighted by atomic mass is 10.1. The van der Waals surface area contributed by atoms with Crippen LogP contribution in [-0.4, -0.2) is 25.6 Å². The van der Waals surface area contributed by atoms with Gasteiger partial charge in [0.25, 0.3) is 11.6 Å². The van der Waals surface area contributed by atoms with Crippen LogP contribution < -0.4 is 5.32 Å². The minimum absolute atomic E-state index is 0.0976. The minimum Gasteiger partial charge on any atom is -0.463 e. The van der Waals surface area contributed by atoms with Crippen LogP contribution in [0.2, 0.25) is 0 Å². The zero-order chi connectivity index (χ0) is 20.7. The first-order chi connectivity index (χ1) is 13.8. The van der Waals surface area contributed by atoms with Gasteiger partial charge in [-0.15, -0.1) is 0 Å². The Morgan fingerprint density at radius 3 is 2.72 bits per heavy atom. The maximum absolute atomic E-state index is 13.2. The van der Waals surface area contributed by atoms with Crippen molar-refractivity contribution in [2.45, 2.75) is 13.8 Å². The normalized spacial score (nSPS) is 11.0. The van der Waals surface area contributed by atoms with Crippen LogP contribution in [0.3, 0.4) is 0 Å². The van der Waals surface area contributed by atoms with Gasteiger partial charge in [-0.2, -0.15) is 5.10 Å². The average molecular weight is 391 g/mol. The van der Waals surface area contributed by atoms with E-state index in [9.17, 15) is 14.9 Å². The van der Waals surface area contributed by atoms with Gasteiger partial charge >= 0.3 is 0 Å². The van der Waals surface area contributed by atoms with Crippen LogP contribution in [0.15, 0.2) is 47.1 Å². The summed E-state index contributed by atoms with van der Waals surface area (Å²) in [5.74, 6) is 0.108. The Labute approximate surface area is 165 Å². The van der Waals surface area contributed by atoms with E-state index >= 15 is 0 Å². The third kappa shape index (κ3) is 3.22. The number of amides is 1. The third-order valence-electron chi connectivity index (χ3n) is 4.67. The van der Waals surface area contributed by atoms with E-state index in [0.717, 1.165) is 0 Å². The predicted molar refractivity (Wildman–Crippen MR) is 107 cm³/mol. The zero-order valence-electron chi connectivity index (χ0n) is 16.0. The van der Waals surface area contributed by atoms with Crippen molar-refractivity contribution >= 4 is 28.3 Å². The molecule has 1 N–H and O–H groups in total. The molecule has 4 aromatic rings. The molecule has 0 aliphatic carbocycles. The average Bonchev–Trinajstić information content (AvgIpc) is 3.31. The van der Waals surface area contributed by atoms with Gasteiger partial charge in [0.2, 0.25) is 0 Å². The molecule has 0 saturated heterocycles. The molecule has 1 aromatic carbocycles. The maximum Gasteiger partial charge on any atom is 0.271 e. The highest BCUT2D eigenvalue weighted by molar-refractivity contribution is 6.13. The van der Waals surface area contributed by atoms with E-state index in [2.05, 4.69) is 15.4 Å². The van der Waals surface area contributed by atoms with Crippen molar-refractivity contribution in [1.29, 1.82) is 0 Å². The van der Waals surface area contributed by atoms with Gasteiger partial charge in [-0.1, -0.05) is 6.07 Å².